The van der Waals surface area contributed by atoms with Gasteiger partial charge in [-0.05, 0) is 30.2 Å². The van der Waals surface area contributed by atoms with Crippen molar-refractivity contribution >= 4 is 28.5 Å². The highest BCUT2D eigenvalue weighted by atomic mass is 32.2. The third-order valence-corrected chi connectivity index (χ3v) is 4.32. The summed E-state index contributed by atoms with van der Waals surface area (Å²) in [7, 11) is 0. The maximum Gasteiger partial charge on any atom is 0.422 e. The molecule has 8 heteroatoms. The van der Waals surface area contributed by atoms with E-state index in [9.17, 15) is 22.8 Å². The van der Waals surface area contributed by atoms with Crippen molar-refractivity contribution in [2.75, 3.05) is 23.8 Å². The highest BCUT2D eigenvalue weighted by Crippen LogP contribution is 2.29. The van der Waals surface area contributed by atoms with E-state index in [0.29, 0.717) is 24.4 Å². The molecule has 2 rings (SSSR count). The standard InChI is InChI=1S/C15H16F3NO3S/c1-10(20)23-8-11-6-14(21)19(7-11)12-2-4-13(5-3-12)22-9-15(16,17)18/h2-5,11H,6-9H2,1H3. The van der Waals surface area contributed by atoms with Gasteiger partial charge in [-0.3, -0.25) is 9.59 Å². The molecule has 0 N–H and O–H groups in total. The van der Waals surface area contributed by atoms with Gasteiger partial charge in [0.25, 0.3) is 0 Å². The lowest BCUT2D eigenvalue weighted by atomic mass is 10.1. The Kier molecular flexibility index (Phi) is 5.56. The lowest BCUT2D eigenvalue weighted by Crippen LogP contribution is -2.24. The molecule has 1 unspecified atom stereocenters. The zero-order valence-electron chi connectivity index (χ0n) is 12.4. The molecule has 23 heavy (non-hydrogen) atoms. The van der Waals surface area contributed by atoms with Crippen LogP contribution >= 0.6 is 11.8 Å². The van der Waals surface area contributed by atoms with E-state index in [0.717, 1.165) is 0 Å². The van der Waals surface area contributed by atoms with Crippen LogP contribution in [0.25, 0.3) is 0 Å². The summed E-state index contributed by atoms with van der Waals surface area (Å²) in [5.74, 6) is 0.728. The van der Waals surface area contributed by atoms with Crippen molar-refractivity contribution < 1.29 is 27.5 Å². The van der Waals surface area contributed by atoms with Crippen molar-refractivity contribution in [1.29, 1.82) is 0 Å². The minimum Gasteiger partial charge on any atom is -0.484 e. The molecule has 0 radical (unpaired) electrons. The Labute approximate surface area is 136 Å². The van der Waals surface area contributed by atoms with Gasteiger partial charge in [-0.2, -0.15) is 13.2 Å². The number of amides is 1. The van der Waals surface area contributed by atoms with Gasteiger partial charge in [0, 0.05) is 31.3 Å². The SMILES string of the molecule is CC(=O)SCC1CC(=O)N(c2ccc(OCC(F)(F)F)cc2)C1. The predicted octanol–water partition coefficient (Wildman–Crippen LogP) is 3.26. The van der Waals surface area contributed by atoms with E-state index in [4.69, 9.17) is 0 Å². The number of halogens is 3. The lowest BCUT2D eigenvalue weighted by molar-refractivity contribution is -0.153. The first-order valence-corrected chi connectivity index (χ1v) is 7.96. The second kappa shape index (κ2) is 7.25. The van der Waals surface area contributed by atoms with Crippen LogP contribution in [0.15, 0.2) is 24.3 Å². The summed E-state index contributed by atoms with van der Waals surface area (Å²) in [4.78, 5) is 24.6. The van der Waals surface area contributed by atoms with Gasteiger partial charge < -0.3 is 9.64 Å². The van der Waals surface area contributed by atoms with Gasteiger partial charge in [0.2, 0.25) is 5.91 Å². The Morgan fingerprint density at radius 3 is 2.57 bits per heavy atom. The predicted molar refractivity (Wildman–Crippen MR) is 81.6 cm³/mol. The van der Waals surface area contributed by atoms with Crippen LogP contribution in [0, 0.1) is 5.92 Å². The second-order valence-electron chi connectivity index (χ2n) is 5.27. The summed E-state index contributed by atoms with van der Waals surface area (Å²) in [5.41, 5.74) is 0.615. The van der Waals surface area contributed by atoms with Crippen LogP contribution in [0.1, 0.15) is 13.3 Å². The first kappa shape index (κ1) is 17.7. The number of hydrogen-bond donors (Lipinski definition) is 0. The smallest absolute Gasteiger partial charge is 0.422 e. The van der Waals surface area contributed by atoms with Crippen molar-refractivity contribution in [3.05, 3.63) is 24.3 Å². The monoisotopic (exact) mass is 347 g/mol. The molecular formula is C15H16F3NO3S. The van der Waals surface area contributed by atoms with Gasteiger partial charge in [-0.25, -0.2) is 0 Å². The van der Waals surface area contributed by atoms with Gasteiger partial charge in [0.05, 0.1) is 0 Å². The minimum atomic E-state index is -4.38. The van der Waals surface area contributed by atoms with Crippen molar-refractivity contribution in [2.24, 2.45) is 5.92 Å². The van der Waals surface area contributed by atoms with E-state index in [1.165, 1.54) is 30.8 Å². The number of nitrogens with zero attached hydrogens (tertiary/aromatic N) is 1. The Morgan fingerprint density at radius 2 is 2.00 bits per heavy atom. The molecule has 126 valence electrons. The fourth-order valence-corrected chi connectivity index (χ4v) is 2.96. The zero-order valence-corrected chi connectivity index (χ0v) is 13.2. The summed E-state index contributed by atoms with van der Waals surface area (Å²) < 4.78 is 40.9. The Morgan fingerprint density at radius 1 is 1.35 bits per heavy atom. The van der Waals surface area contributed by atoms with Crippen LogP contribution in [-0.4, -0.2) is 36.1 Å². The van der Waals surface area contributed by atoms with E-state index in [1.54, 1.807) is 17.0 Å². The molecule has 0 saturated carbocycles. The van der Waals surface area contributed by atoms with E-state index in [2.05, 4.69) is 4.74 Å². The summed E-state index contributed by atoms with van der Waals surface area (Å²) in [5, 5.41) is 0.0158. The zero-order chi connectivity index (χ0) is 17.0. The van der Waals surface area contributed by atoms with Crippen molar-refractivity contribution in [3.63, 3.8) is 0 Å². The molecule has 1 heterocycles. The maximum atomic E-state index is 12.1. The van der Waals surface area contributed by atoms with Crippen LogP contribution < -0.4 is 9.64 Å². The molecule has 1 saturated heterocycles. The van der Waals surface area contributed by atoms with E-state index < -0.39 is 12.8 Å². The van der Waals surface area contributed by atoms with Gasteiger partial charge in [-0.1, -0.05) is 11.8 Å². The third kappa shape index (κ3) is 5.46. The molecule has 1 aromatic rings. The van der Waals surface area contributed by atoms with Gasteiger partial charge >= 0.3 is 6.18 Å². The third-order valence-electron chi connectivity index (χ3n) is 3.28. The van der Waals surface area contributed by atoms with Crippen LogP contribution in [0.2, 0.25) is 0 Å². The minimum absolute atomic E-state index is 0.0158. The van der Waals surface area contributed by atoms with E-state index in [-0.39, 0.29) is 22.7 Å². The molecule has 4 nitrogen and oxygen atoms in total. The summed E-state index contributed by atoms with van der Waals surface area (Å²) in [6.07, 6.45) is -4.02. The highest BCUT2D eigenvalue weighted by molar-refractivity contribution is 8.13. The van der Waals surface area contributed by atoms with Gasteiger partial charge in [-0.15, -0.1) is 0 Å². The number of hydrogen-bond acceptors (Lipinski definition) is 4. The Balaban J connectivity index is 1.94. The van der Waals surface area contributed by atoms with Crippen LogP contribution in [0.4, 0.5) is 18.9 Å². The molecule has 1 aliphatic heterocycles. The number of carbonyl (C=O) groups is 2. The number of carbonyl (C=O) groups excluding carboxylic acids is 2. The normalized spacial score (nSPS) is 18.3. The molecule has 1 fully saturated rings. The average molecular weight is 347 g/mol. The molecule has 0 aliphatic carbocycles. The maximum absolute atomic E-state index is 12.1. The van der Waals surface area contributed by atoms with Crippen LogP contribution in [-0.2, 0) is 9.59 Å². The quantitative estimate of drug-likeness (QED) is 0.820. The van der Waals surface area contributed by atoms with E-state index >= 15 is 0 Å². The van der Waals surface area contributed by atoms with Crippen molar-refractivity contribution in [3.8, 4) is 5.75 Å². The number of rotatable bonds is 5. The summed E-state index contributed by atoms with van der Waals surface area (Å²) in [6, 6.07) is 5.94. The number of thioether (sulfide) groups is 1. The van der Waals surface area contributed by atoms with Crippen molar-refractivity contribution in [1.82, 2.24) is 0 Å². The molecule has 1 atom stereocenters. The fraction of sp³-hybridized carbons (Fsp3) is 0.467. The number of benzene rings is 1. The number of ether oxygens (including phenoxy) is 1. The number of alkyl halides is 3. The van der Waals surface area contributed by atoms with E-state index in [1.807, 2.05) is 0 Å². The lowest BCUT2D eigenvalue weighted by Gasteiger charge is -2.17. The molecule has 1 amide bonds. The first-order chi connectivity index (χ1) is 10.7. The molecule has 1 aromatic carbocycles. The second-order valence-corrected chi connectivity index (χ2v) is 6.47. The van der Waals surface area contributed by atoms with Gasteiger partial charge in [0.15, 0.2) is 11.7 Å². The molecular weight excluding hydrogens is 331 g/mol. The summed E-state index contributed by atoms with van der Waals surface area (Å²) in [6.45, 7) is 0.639. The van der Waals surface area contributed by atoms with Crippen molar-refractivity contribution in [2.45, 2.75) is 19.5 Å². The van der Waals surface area contributed by atoms with Crippen LogP contribution in [0.5, 0.6) is 5.75 Å². The molecule has 0 spiro atoms. The van der Waals surface area contributed by atoms with Gasteiger partial charge in [0.1, 0.15) is 5.75 Å². The molecule has 0 bridgehead atoms. The summed E-state index contributed by atoms with van der Waals surface area (Å²) >= 11 is 1.19. The molecule has 0 aromatic heterocycles. The highest BCUT2D eigenvalue weighted by Gasteiger charge is 2.31. The fourth-order valence-electron chi connectivity index (χ4n) is 2.27. The van der Waals surface area contributed by atoms with Crippen LogP contribution in [0.3, 0.4) is 0 Å². The Hall–Kier alpha value is -1.70. The molecule has 1 aliphatic rings. The number of anilines is 1. The topological polar surface area (TPSA) is 46.6 Å². The Bertz CT molecular complexity index is 574. The first-order valence-electron chi connectivity index (χ1n) is 6.98. The average Bonchev–Trinajstić information content (AvgIpc) is 2.84. The largest absolute Gasteiger partial charge is 0.484 e.